The van der Waals surface area contributed by atoms with Gasteiger partial charge in [-0.25, -0.2) is 4.79 Å². The summed E-state index contributed by atoms with van der Waals surface area (Å²) in [4.78, 5) is 23.7. The fourth-order valence-electron chi connectivity index (χ4n) is 1.97. The molecule has 0 bridgehead atoms. The molecule has 0 aliphatic rings. The van der Waals surface area contributed by atoms with Crippen molar-refractivity contribution in [1.82, 2.24) is 5.32 Å². The summed E-state index contributed by atoms with van der Waals surface area (Å²) in [6.45, 7) is -0.336. The molecule has 6 nitrogen and oxygen atoms in total. The lowest BCUT2D eigenvalue weighted by Gasteiger charge is -2.10. The van der Waals surface area contributed by atoms with Crippen molar-refractivity contribution in [3.8, 4) is 11.5 Å². The maximum atomic E-state index is 12.0. The number of esters is 1. The largest absolute Gasteiger partial charge is 0.504 e. The molecule has 0 aliphatic heterocycles. The molecule has 132 valence electrons. The van der Waals surface area contributed by atoms with Crippen LogP contribution in [0.25, 0.3) is 0 Å². The highest BCUT2D eigenvalue weighted by atomic mass is 35.5. The first kappa shape index (κ1) is 18.9. The summed E-state index contributed by atoms with van der Waals surface area (Å²) in [5.41, 5.74) is 0.587. The van der Waals surface area contributed by atoms with E-state index in [4.69, 9.17) is 32.7 Å². The van der Waals surface area contributed by atoms with E-state index in [9.17, 15) is 14.7 Å². The minimum atomic E-state index is -0.837. The van der Waals surface area contributed by atoms with Gasteiger partial charge < -0.3 is 19.9 Å². The summed E-state index contributed by atoms with van der Waals surface area (Å²) in [6.07, 6.45) is 0. The average molecular weight is 384 g/mol. The van der Waals surface area contributed by atoms with Crippen molar-refractivity contribution < 1.29 is 24.2 Å². The monoisotopic (exact) mass is 383 g/mol. The van der Waals surface area contributed by atoms with Gasteiger partial charge in [0.05, 0.1) is 7.11 Å². The van der Waals surface area contributed by atoms with E-state index >= 15 is 0 Å². The second kappa shape index (κ2) is 8.60. The Hall–Kier alpha value is -2.44. The van der Waals surface area contributed by atoms with Crippen molar-refractivity contribution in [3.05, 3.63) is 57.6 Å². The maximum Gasteiger partial charge on any atom is 0.342 e. The van der Waals surface area contributed by atoms with Crippen LogP contribution in [0.4, 0.5) is 0 Å². The predicted molar refractivity (Wildman–Crippen MR) is 93.3 cm³/mol. The molecule has 25 heavy (non-hydrogen) atoms. The molecule has 0 heterocycles. The van der Waals surface area contributed by atoms with Crippen LogP contribution in [0.5, 0.6) is 11.5 Å². The smallest absolute Gasteiger partial charge is 0.342 e. The molecular weight excluding hydrogens is 369 g/mol. The van der Waals surface area contributed by atoms with Gasteiger partial charge in [0.25, 0.3) is 5.91 Å². The number of carbonyl (C=O) groups is 2. The van der Waals surface area contributed by atoms with E-state index in [1.54, 1.807) is 18.2 Å². The fraction of sp³-hybridized carbons (Fsp3) is 0.176. The number of para-hydroxylation sites is 1. The lowest BCUT2D eigenvalue weighted by molar-refractivity contribution is -0.124. The molecule has 2 rings (SSSR count). The molecule has 0 radical (unpaired) electrons. The lowest BCUT2D eigenvalue weighted by atomic mass is 10.2. The van der Waals surface area contributed by atoms with Crippen molar-refractivity contribution in [3.63, 3.8) is 0 Å². The number of amides is 1. The van der Waals surface area contributed by atoms with Crippen molar-refractivity contribution in [2.75, 3.05) is 13.7 Å². The zero-order valence-electron chi connectivity index (χ0n) is 13.2. The van der Waals surface area contributed by atoms with Crippen molar-refractivity contribution in [1.29, 1.82) is 0 Å². The quantitative estimate of drug-likeness (QED) is 0.748. The Morgan fingerprint density at radius 1 is 1.20 bits per heavy atom. The zero-order chi connectivity index (χ0) is 18.4. The van der Waals surface area contributed by atoms with Gasteiger partial charge in [0.15, 0.2) is 18.1 Å². The number of nitrogens with one attached hydrogen (secondary N) is 1. The van der Waals surface area contributed by atoms with E-state index in [0.29, 0.717) is 15.6 Å². The molecule has 2 N–H and O–H groups in total. The number of carbonyl (C=O) groups excluding carboxylic acids is 2. The van der Waals surface area contributed by atoms with E-state index in [0.717, 1.165) is 0 Å². The highest BCUT2D eigenvalue weighted by Crippen LogP contribution is 2.29. The van der Waals surface area contributed by atoms with Crippen molar-refractivity contribution >= 4 is 35.1 Å². The molecular formula is C17H15Cl2NO5. The minimum absolute atomic E-state index is 0.0899. The van der Waals surface area contributed by atoms with Gasteiger partial charge in [0.2, 0.25) is 0 Å². The van der Waals surface area contributed by atoms with E-state index in [1.165, 1.54) is 25.3 Å². The van der Waals surface area contributed by atoms with Gasteiger partial charge in [-0.15, -0.1) is 0 Å². The van der Waals surface area contributed by atoms with Crippen LogP contribution in [0.1, 0.15) is 15.9 Å². The number of benzene rings is 2. The highest BCUT2D eigenvalue weighted by Gasteiger charge is 2.17. The number of halogens is 2. The molecule has 2 aromatic carbocycles. The zero-order valence-corrected chi connectivity index (χ0v) is 14.7. The Kier molecular flexibility index (Phi) is 6.50. The van der Waals surface area contributed by atoms with Crippen LogP contribution in [0.15, 0.2) is 36.4 Å². The Bertz CT molecular complexity index is 795. The molecule has 0 fully saturated rings. The van der Waals surface area contributed by atoms with Gasteiger partial charge in [-0.05, 0) is 29.8 Å². The third-order valence-corrected chi connectivity index (χ3v) is 3.85. The van der Waals surface area contributed by atoms with Crippen molar-refractivity contribution in [2.24, 2.45) is 0 Å². The van der Waals surface area contributed by atoms with E-state index < -0.39 is 18.5 Å². The van der Waals surface area contributed by atoms with Gasteiger partial charge in [-0.1, -0.05) is 35.3 Å². The van der Waals surface area contributed by atoms with E-state index in [2.05, 4.69) is 5.32 Å². The van der Waals surface area contributed by atoms with E-state index in [-0.39, 0.29) is 23.6 Å². The Balaban J connectivity index is 1.88. The highest BCUT2D eigenvalue weighted by molar-refractivity contribution is 6.35. The van der Waals surface area contributed by atoms with Crippen LogP contribution in [-0.2, 0) is 16.1 Å². The van der Waals surface area contributed by atoms with Crippen LogP contribution in [0, 0.1) is 0 Å². The minimum Gasteiger partial charge on any atom is -0.504 e. The molecule has 0 aromatic heterocycles. The summed E-state index contributed by atoms with van der Waals surface area (Å²) in [5.74, 6) is -1.56. The normalized spacial score (nSPS) is 10.2. The number of phenolic OH excluding ortho intramolecular Hbond substituents is 1. The Labute approximate surface area is 154 Å². The summed E-state index contributed by atoms with van der Waals surface area (Å²) >= 11 is 11.8. The number of ether oxygens (including phenoxy) is 2. The number of rotatable bonds is 6. The van der Waals surface area contributed by atoms with Crippen molar-refractivity contribution in [2.45, 2.75) is 6.54 Å². The van der Waals surface area contributed by atoms with E-state index in [1.807, 2.05) is 0 Å². The summed E-state index contributed by atoms with van der Waals surface area (Å²) in [5, 5.41) is 13.4. The summed E-state index contributed by atoms with van der Waals surface area (Å²) in [6, 6.07) is 9.29. The second-order valence-corrected chi connectivity index (χ2v) is 5.79. The van der Waals surface area contributed by atoms with Crippen LogP contribution in [0.2, 0.25) is 10.0 Å². The maximum absolute atomic E-state index is 12.0. The number of aromatic hydroxyl groups is 1. The molecule has 0 unspecified atom stereocenters. The predicted octanol–water partition coefficient (Wildman–Crippen LogP) is 3.18. The van der Waals surface area contributed by atoms with Gasteiger partial charge in [0, 0.05) is 16.6 Å². The summed E-state index contributed by atoms with van der Waals surface area (Å²) in [7, 11) is 1.36. The summed E-state index contributed by atoms with van der Waals surface area (Å²) < 4.78 is 9.80. The number of phenols is 1. The fourth-order valence-corrected chi connectivity index (χ4v) is 2.45. The third-order valence-electron chi connectivity index (χ3n) is 3.26. The average Bonchev–Trinajstić information content (AvgIpc) is 2.59. The van der Waals surface area contributed by atoms with Crippen LogP contribution >= 0.6 is 23.2 Å². The molecule has 0 atom stereocenters. The van der Waals surface area contributed by atoms with Gasteiger partial charge in [-0.3, -0.25) is 4.79 Å². The second-order valence-electron chi connectivity index (χ2n) is 4.95. The van der Waals surface area contributed by atoms with Crippen LogP contribution in [-0.4, -0.2) is 30.7 Å². The first-order chi connectivity index (χ1) is 11.9. The topological polar surface area (TPSA) is 84.9 Å². The van der Waals surface area contributed by atoms with Gasteiger partial charge >= 0.3 is 5.97 Å². The number of hydrogen-bond acceptors (Lipinski definition) is 5. The number of hydrogen-bond donors (Lipinski definition) is 2. The Morgan fingerprint density at radius 3 is 2.64 bits per heavy atom. The molecule has 8 heteroatoms. The Morgan fingerprint density at radius 2 is 1.96 bits per heavy atom. The molecule has 2 aromatic rings. The molecule has 1 amide bonds. The standard InChI is InChI=1S/C17H15Cl2NO5/c1-24-14-4-2-3-12(16(14)22)17(23)25-9-15(21)20-8-10-5-6-11(18)7-13(10)19/h2-7,22H,8-9H2,1H3,(H,20,21). The lowest BCUT2D eigenvalue weighted by Crippen LogP contribution is -2.28. The molecule has 0 aliphatic carbocycles. The number of methoxy groups -OCH3 is 1. The molecule has 0 saturated carbocycles. The van der Waals surface area contributed by atoms with Crippen LogP contribution < -0.4 is 10.1 Å². The molecule has 0 saturated heterocycles. The van der Waals surface area contributed by atoms with Gasteiger partial charge in [-0.2, -0.15) is 0 Å². The molecule has 0 spiro atoms. The van der Waals surface area contributed by atoms with Gasteiger partial charge in [0.1, 0.15) is 5.56 Å². The first-order valence-electron chi connectivity index (χ1n) is 7.16. The first-order valence-corrected chi connectivity index (χ1v) is 7.91. The SMILES string of the molecule is COc1cccc(C(=O)OCC(=O)NCc2ccc(Cl)cc2Cl)c1O. The van der Waals surface area contributed by atoms with Crippen LogP contribution in [0.3, 0.4) is 0 Å². The third kappa shape index (κ3) is 5.01.